The number of nitrogens with one attached hydrogen (secondary N) is 1. The lowest BCUT2D eigenvalue weighted by Crippen LogP contribution is -2.03. The summed E-state index contributed by atoms with van der Waals surface area (Å²) in [4.78, 5) is 0. The molecule has 0 aliphatic rings. The number of halogens is 3. The quantitative estimate of drug-likeness (QED) is 0.639. The Kier molecular flexibility index (Phi) is 9.65. The van der Waals surface area contributed by atoms with Crippen LogP contribution in [0.3, 0.4) is 0 Å². The molecule has 6 heteroatoms. The Morgan fingerprint density at radius 1 is 1.29 bits per heavy atom. The minimum Gasteiger partial charge on any atom is -0.379 e. The molecule has 1 rings (SSSR count). The molecule has 1 aromatic rings. The molecule has 0 heterocycles. The van der Waals surface area contributed by atoms with Crippen molar-refractivity contribution in [2.24, 2.45) is 5.73 Å². The zero-order valence-corrected chi connectivity index (χ0v) is 11.4. The first-order valence-corrected chi connectivity index (χ1v) is 4.38. The van der Waals surface area contributed by atoms with Gasteiger partial charge in [-0.3, -0.25) is 5.41 Å². The Hall–Kier alpha value is -0.0700. The predicted octanol–water partition coefficient (Wildman–Crippen LogP) is 3.11. The van der Waals surface area contributed by atoms with Gasteiger partial charge in [-0.05, 0) is 17.7 Å². The average molecular weight is 346 g/mol. The topological polar surface area (TPSA) is 49.9 Å². The summed E-state index contributed by atoms with van der Waals surface area (Å²) in [7, 11) is 0. The van der Waals surface area contributed by atoms with Gasteiger partial charge in [0.05, 0.1) is 0 Å². The summed E-state index contributed by atoms with van der Waals surface area (Å²) in [5.74, 6) is 0.377. The van der Waals surface area contributed by atoms with Gasteiger partial charge in [0.15, 0.2) is 5.17 Å². The molecule has 0 unspecified atom stereocenters. The van der Waals surface area contributed by atoms with E-state index in [-0.39, 0.29) is 44.9 Å². The summed E-state index contributed by atoms with van der Waals surface area (Å²) in [5.41, 5.74) is 6.11. The zero-order chi connectivity index (χ0) is 8.97. The van der Waals surface area contributed by atoms with Crippen molar-refractivity contribution in [3.8, 4) is 0 Å². The Labute approximate surface area is 108 Å². The summed E-state index contributed by atoms with van der Waals surface area (Å²) >= 11 is 1.23. The van der Waals surface area contributed by atoms with Gasteiger partial charge in [0.2, 0.25) is 0 Å². The van der Waals surface area contributed by atoms with Gasteiger partial charge in [0.1, 0.15) is 5.82 Å². The molecule has 2 nitrogen and oxygen atoms in total. The van der Waals surface area contributed by atoms with E-state index >= 15 is 0 Å². The van der Waals surface area contributed by atoms with Crippen molar-refractivity contribution in [3.05, 3.63) is 35.6 Å². The summed E-state index contributed by atoms with van der Waals surface area (Å²) in [6.07, 6.45) is 0. The molecule has 0 fully saturated rings. The maximum atomic E-state index is 12.4. The van der Waals surface area contributed by atoms with Gasteiger partial charge in [-0.1, -0.05) is 23.9 Å². The molecule has 0 radical (unpaired) electrons. The third-order valence-electron chi connectivity index (χ3n) is 1.31. The van der Waals surface area contributed by atoms with Gasteiger partial charge in [-0.25, -0.2) is 4.39 Å². The summed E-state index contributed by atoms with van der Waals surface area (Å²) < 4.78 is 12.4. The molecule has 0 amide bonds. The number of thioether (sulfide) groups is 1. The van der Waals surface area contributed by atoms with Gasteiger partial charge in [-0.2, -0.15) is 0 Å². The monoisotopic (exact) mass is 344 g/mol. The lowest BCUT2D eigenvalue weighted by atomic mass is 10.2. The third kappa shape index (κ3) is 6.39. The van der Waals surface area contributed by atoms with Crippen molar-refractivity contribution in [1.29, 1.82) is 5.41 Å². The van der Waals surface area contributed by atoms with Gasteiger partial charge in [0.25, 0.3) is 0 Å². The van der Waals surface area contributed by atoms with Gasteiger partial charge >= 0.3 is 0 Å². The Morgan fingerprint density at radius 3 is 2.21 bits per heavy atom. The summed E-state index contributed by atoms with van der Waals surface area (Å²) in [5, 5.41) is 7.04. The molecule has 80 valence electrons. The number of nitrogens with two attached hydrogens (primary N) is 1. The van der Waals surface area contributed by atoms with E-state index in [1.54, 1.807) is 12.1 Å². The van der Waals surface area contributed by atoms with Crippen LogP contribution < -0.4 is 5.73 Å². The fourth-order valence-corrected chi connectivity index (χ4v) is 1.26. The SMILES string of the molecule is Br.Br.N=C(N)SCc1ccc(F)cc1. The molecule has 0 spiro atoms. The van der Waals surface area contributed by atoms with E-state index in [0.717, 1.165) is 5.56 Å². The van der Waals surface area contributed by atoms with E-state index in [2.05, 4.69) is 0 Å². The highest BCUT2D eigenvalue weighted by molar-refractivity contribution is 8.93. The minimum absolute atomic E-state index is 0. The molecule has 0 atom stereocenters. The van der Waals surface area contributed by atoms with Crippen LogP contribution in [0, 0.1) is 11.2 Å². The van der Waals surface area contributed by atoms with Crippen molar-refractivity contribution in [2.75, 3.05) is 0 Å². The first kappa shape index (κ1) is 16.4. The van der Waals surface area contributed by atoms with Crippen LogP contribution in [0.15, 0.2) is 24.3 Å². The third-order valence-corrected chi connectivity index (χ3v) is 2.10. The van der Waals surface area contributed by atoms with E-state index in [1.807, 2.05) is 0 Å². The van der Waals surface area contributed by atoms with Crippen LogP contribution in [0.25, 0.3) is 0 Å². The van der Waals surface area contributed by atoms with E-state index in [1.165, 1.54) is 23.9 Å². The van der Waals surface area contributed by atoms with Crippen molar-refractivity contribution in [1.82, 2.24) is 0 Å². The fraction of sp³-hybridized carbons (Fsp3) is 0.125. The maximum absolute atomic E-state index is 12.4. The lowest BCUT2D eigenvalue weighted by Gasteiger charge is -1.98. The molecule has 1 aromatic carbocycles. The van der Waals surface area contributed by atoms with E-state index < -0.39 is 0 Å². The second-order valence-electron chi connectivity index (χ2n) is 2.28. The second kappa shape index (κ2) is 8.26. The standard InChI is InChI=1S/C8H9FN2S.2BrH/c9-7-3-1-6(2-4-7)5-12-8(10)11;;/h1-4H,5H2,(H3,10,11);2*1H. The lowest BCUT2D eigenvalue weighted by molar-refractivity contribution is 0.627. The zero-order valence-electron chi connectivity index (χ0n) is 7.20. The minimum atomic E-state index is -0.244. The highest BCUT2D eigenvalue weighted by Gasteiger charge is 1.95. The molecule has 14 heavy (non-hydrogen) atoms. The Morgan fingerprint density at radius 2 is 1.79 bits per heavy atom. The number of hydrogen-bond donors (Lipinski definition) is 2. The Bertz CT molecular complexity index is 279. The molecular formula is C8H11Br2FN2S. The van der Waals surface area contributed by atoms with Crippen molar-refractivity contribution in [2.45, 2.75) is 5.75 Å². The van der Waals surface area contributed by atoms with Crippen LogP contribution in [-0.4, -0.2) is 5.17 Å². The molecule has 0 aromatic heterocycles. The normalized spacial score (nSPS) is 8.36. The van der Waals surface area contributed by atoms with Gasteiger partial charge in [0, 0.05) is 5.75 Å². The molecule has 0 bridgehead atoms. The van der Waals surface area contributed by atoms with Gasteiger partial charge < -0.3 is 5.73 Å². The van der Waals surface area contributed by atoms with Crippen LogP contribution in [0.5, 0.6) is 0 Å². The van der Waals surface area contributed by atoms with Crippen LogP contribution >= 0.6 is 45.7 Å². The predicted molar refractivity (Wildman–Crippen MR) is 70.3 cm³/mol. The molecular weight excluding hydrogens is 335 g/mol. The largest absolute Gasteiger partial charge is 0.379 e. The molecule has 0 saturated carbocycles. The number of rotatable bonds is 2. The van der Waals surface area contributed by atoms with Gasteiger partial charge in [-0.15, -0.1) is 34.0 Å². The molecule has 0 saturated heterocycles. The Balaban J connectivity index is 0. The maximum Gasteiger partial charge on any atom is 0.151 e. The average Bonchev–Trinajstić information content (AvgIpc) is 2.03. The number of hydrogen-bond acceptors (Lipinski definition) is 2. The van der Waals surface area contributed by atoms with Crippen LogP contribution in [0.1, 0.15) is 5.56 Å². The van der Waals surface area contributed by atoms with Crippen molar-refractivity contribution in [3.63, 3.8) is 0 Å². The highest BCUT2D eigenvalue weighted by atomic mass is 79.9. The van der Waals surface area contributed by atoms with Crippen molar-refractivity contribution >= 4 is 50.9 Å². The number of benzene rings is 1. The van der Waals surface area contributed by atoms with Crippen LogP contribution in [0.4, 0.5) is 4.39 Å². The summed E-state index contributed by atoms with van der Waals surface area (Å²) in [6.45, 7) is 0. The van der Waals surface area contributed by atoms with E-state index in [9.17, 15) is 4.39 Å². The first-order chi connectivity index (χ1) is 5.68. The smallest absolute Gasteiger partial charge is 0.151 e. The van der Waals surface area contributed by atoms with Crippen LogP contribution in [0.2, 0.25) is 0 Å². The second-order valence-corrected chi connectivity index (χ2v) is 3.30. The number of amidine groups is 1. The van der Waals surface area contributed by atoms with E-state index in [4.69, 9.17) is 11.1 Å². The summed E-state index contributed by atoms with van der Waals surface area (Å²) in [6, 6.07) is 6.17. The van der Waals surface area contributed by atoms with Crippen molar-refractivity contribution < 1.29 is 4.39 Å². The fourth-order valence-electron chi connectivity index (χ4n) is 0.742. The van der Waals surface area contributed by atoms with E-state index in [0.29, 0.717) is 5.75 Å². The van der Waals surface area contributed by atoms with Crippen LogP contribution in [-0.2, 0) is 5.75 Å². The molecule has 0 aliphatic carbocycles. The molecule has 0 aliphatic heterocycles. The molecule has 3 N–H and O–H groups in total. The first-order valence-electron chi connectivity index (χ1n) is 3.40. The highest BCUT2D eigenvalue weighted by Crippen LogP contribution is 2.11.